The first-order valence-electron chi connectivity index (χ1n) is 21.5. The van der Waals surface area contributed by atoms with E-state index in [1.54, 1.807) is 0 Å². The van der Waals surface area contributed by atoms with Gasteiger partial charge in [-0.2, -0.15) is 0 Å². The Balaban J connectivity index is 0.939. The average Bonchev–Trinajstić information content (AvgIpc) is 3.71. The molecule has 3 heterocycles. The second kappa shape index (κ2) is 15.3. The largest absolute Gasteiger partial charge is 0.340 e. The number of hydrogen-bond acceptors (Lipinski definition) is 3. The van der Waals surface area contributed by atoms with Crippen molar-refractivity contribution in [1.82, 2.24) is 14.9 Å². The fraction of sp³-hybridized carbons (Fsp3) is 0.0169. The van der Waals surface area contributed by atoms with E-state index in [0.29, 0.717) is 0 Å². The molecular weight excluding hydrogens is 765 g/mol. The van der Waals surface area contributed by atoms with Gasteiger partial charge >= 0.3 is 0 Å². The van der Waals surface area contributed by atoms with E-state index >= 15 is 0 Å². The van der Waals surface area contributed by atoms with Crippen molar-refractivity contribution in [3.05, 3.63) is 247 Å². The topological polar surface area (TPSA) is 42.2 Å². The maximum atomic E-state index is 5.38. The van der Waals surface area contributed by atoms with Gasteiger partial charge in [0.1, 0.15) is 5.84 Å². The smallest absolute Gasteiger partial charge is 0.133 e. The molecule has 1 N–H and O–H groups in total. The molecule has 12 rings (SSSR count). The molecule has 0 aliphatic carbocycles. The first-order valence-corrected chi connectivity index (χ1v) is 21.5. The van der Waals surface area contributed by atoms with Gasteiger partial charge in [-0.15, -0.1) is 0 Å². The number of pyridine rings is 1. The van der Waals surface area contributed by atoms with Gasteiger partial charge in [0, 0.05) is 49.4 Å². The number of amidine groups is 1. The standard InChI is InChI=1S/C59H40N4/c1-4-16-40(17-5-1)47-26-15-27-51-57(47)50-35-34-44(37-54(50)60-58(51)42-18-6-2-7-19-42)39-30-32-41(33-31-39)52-38-53(62-59(61-52)43-20-8-3-9-21-43)45-22-14-23-46(36-45)63-55-28-12-10-24-48(55)49-25-11-13-29-56(49)63/h1-38,52H,(H,61,62). The maximum absolute atomic E-state index is 5.38. The van der Waals surface area contributed by atoms with E-state index in [1.807, 2.05) is 6.07 Å². The van der Waals surface area contributed by atoms with Crippen LogP contribution in [0.4, 0.5) is 0 Å². The van der Waals surface area contributed by atoms with Gasteiger partial charge in [-0.3, -0.25) is 4.99 Å². The third kappa shape index (κ3) is 6.48. The zero-order valence-corrected chi connectivity index (χ0v) is 34.4. The third-order valence-electron chi connectivity index (χ3n) is 12.4. The van der Waals surface area contributed by atoms with Crippen LogP contribution >= 0.6 is 0 Å². The van der Waals surface area contributed by atoms with Crippen molar-refractivity contribution < 1.29 is 0 Å². The predicted octanol–water partition coefficient (Wildman–Crippen LogP) is 14.6. The maximum Gasteiger partial charge on any atom is 0.133 e. The van der Waals surface area contributed by atoms with Crippen LogP contribution in [-0.4, -0.2) is 15.4 Å². The van der Waals surface area contributed by atoms with E-state index in [2.05, 4.69) is 234 Å². The monoisotopic (exact) mass is 804 g/mol. The molecule has 296 valence electrons. The summed E-state index contributed by atoms with van der Waals surface area (Å²) >= 11 is 0. The Morgan fingerprint density at radius 2 is 1.00 bits per heavy atom. The second-order valence-corrected chi connectivity index (χ2v) is 16.2. The zero-order valence-electron chi connectivity index (χ0n) is 34.4. The molecule has 0 radical (unpaired) electrons. The number of benzene rings is 9. The summed E-state index contributed by atoms with van der Waals surface area (Å²) in [5, 5.41) is 9.73. The number of rotatable bonds is 7. The van der Waals surface area contributed by atoms with Crippen LogP contribution in [0.25, 0.3) is 88.4 Å². The summed E-state index contributed by atoms with van der Waals surface area (Å²) in [6.45, 7) is 0. The SMILES string of the molecule is C1=C(c2cccc(-n3c4ccccc4c4ccccc43)c2)NC(c2ccccc2)=NC1c1ccc(-c2ccc3c(c2)nc(-c2ccccc2)c2cccc(-c4ccccc4)c23)cc1. The summed E-state index contributed by atoms with van der Waals surface area (Å²) < 4.78 is 2.37. The van der Waals surface area contributed by atoms with Gasteiger partial charge in [-0.05, 0) is 69.8 Å². The van der Waals surface area contributed by atoms with Crippen LogP contribution in [0.5, 0.6) is 0 Å². The number of hydrogen-bond donors (Lipinski definition) is 1. The molecule has 1 unspecified atom stereocenters. The van der Waals surface area contributed by atoms with Gasteiger partial charge in [-0.25, -0.2) is 4.98 Å². The van der Waals surface area contributed by atoms with Crippen molar-refractivity contribution in [3.8, 4) is 39.2 Å². The summed E-state index contributed by atoms with van der Waals surface area (Å²) in [5.41, 5.74) is 15.5. The number of nitrogens with zero attached hydrogens (tertiary/aromatic N) is 3. The molecule has 63 heavy (non-hydrogen) atoms. The fourth-order valence-electron chi connectivity index (χ4n) is 9.41. The van der Waals surface area contributed by atoms with Crippen LogP contribution in [0.1, 0.15) is 22.7 Å². The highest BCUT2D eigenvalue weighted by Gasteiger charge is 2.21. The molecule has 1 aliphatic heterocycles. The lowest BCUT2D eigenvalue weighted by molar-refractivity contribution is 0.880. The molecule has 0 fully saturated rings. The Labute approximate surface area is 365 Å². The van der Waals surface area contributed by atoms with E-state index in [-0.39, 0.29) is 6.04 Å². The Hall–Kier alpha value is -8.34. The molecule has 4 heteroatoms. The van der Waals surface area contributed by atoms with Crippen LogP contribution in [0.3, 0.4) is 0 Å². The van der Waals surface area contributed by atoms with Gasteiger partial charge in [0.2, 0.25) is 0 Å². The lowest BCUT2D eigenvalue weighted by atomic mass is 9.92. The Morgan fingerprint density at radius 3 is 1.71 bits per heavy atom. The molecule has 0 bridgehead atoms. The van der Waals surface area contributed by atoms with Gasteiger partial charge in [-0.1, -0.05) is 194 Å². The van der Waals surface area contributed by atoms with Crippen LogP contribution in [0.2, 0.25) is 0 Å². The molecule has 4 nitrogen and oxygen atoms in total. The minimum atomic E-state index is -0.197. The molecule has 0 saturated heterocycles. The Kier molecular flexibility index (Phi) is 8.86. The van der Waals surface area contributed by atoms with Gasteiger partial charge in [0.05, 0.1) is 28.3 Å². The van der Waals surface area contributed by atoms with E-state index < -0.39 is 0 Å². The average molecular weight is 805 g/mol. The van der Waals surface area contributed by atoms with Crippen molar-refractivity contribution in [2.75, 3.05) is 0 Å². The molecule has 0 amide bonds. The molecule has 1 atom stereocenters. The molecule has 9 aromatic carbocycles. The third-order valence-corrected chi connectivity index (χ3v) is 12.4. The zero-order chi connectivity index (χ0) is 41.7. The van der Waals surface area contributed by atoms with E-state index in [0.717, 1.165) is 72.6 Å². The minimum Gasteiger partial charge on any atom is -0.340 e. The summed E-state index contributed by atoms with van der Waals surface area (Å²) in [6.07, 6.45) is 2.26. The molecule has 0 spiro atoms. The van der Waals surface area contributed by atoms with Crippen molar-refractivity contribution >= 4 is 55.0 Å². The lowest BCUT2D eigenvalue weighted by Crippen LogP contribution is -2.27. The number of aliphatic imine (C=N–C) groups is 1. The summed E-state index contributed by atoms with van der Waals surface area (Å²) in [5.74, 6) is 0.848. The molecule has 1 aliphatic rings. The van der Waals surface area contributed by atoms with E-state index in [1.165, 1.54) is 38.3 Å². The fourth-order valence-corrected chi connectivity index (χ4v) is 9.41. The van der Waals surface area contributed by atoms with Crippen LogP contribution in [-0.2, 0) is 0 Å². The van der Waals surface area contributed by atoms with Crippen LogP contribution in [0, 0.1) is 0 Å². The lowest BCUT2D eigenvalue weighted by Gasteiger charge is -2.24. The predicted molar refractivity (Wildman–Crippen MR) is 263 cm³/mol. The van der Waals surface area contributed by atoms with E-state index in [9.17, 15) is 0 Å². The van der Waals surface area contributed by atoms with Crippen molar-refractivity contribution in [1.29, 1.82) is 0 Å². The van der Waals surface area contributed by atoms with Crippen molar-refractivity contribution in [2.45, 2.75) is 6.04 Å². The highest BCUT2D eigenvalue weighted by molar-refractivity contribution is 6.17. The summed E-state index contributed by atoms with van der Waals surface area (Å²) in [6, 6.07) is 79.8. The first kappa shape index (κ1) is 36.5. The summed E-state index contributed by atoms with van der Waals surface area (Å²) in [7, 11) is 0. The van der Waals surface area contributed by atoms with Gasteiger partial charge in [0.15, 0.2) is 0 Å². The number of aromatic nitrogens is 2. The number of nitrogens with one attached hydrogen (secondary N) is 1. The molecule has 0 saturated carbocycles. The highest BCUT2D eigenvalue weighted by Crippen LogP contribution is 2.40. The van der Waals surface area contributed by atoms with Crippen LogP contribution < -0.4 is 5.32 Å². The first-order chi connectivity index (χ1) is 31.2. The van der Waals surface area contributed by atoms with Crippen LogP contribution in [0.15, 0.2) is 236 Å². The molecule has 2 aromatic heterocycles. The minimum absolute atomic E-state index is 0.197. The quantitative estimate of drug-likeness (QED) is 0.163. The molecule has 11 aromatic rings. The van der Waals surface area contributed by atoms with Gasteiger partial charge in [0.25, 0.3) is 0 Å². The molecular formula is C59H40N4. The number of fused-ring (bicyclic) bond motifs is 6. The van der Waals surface area contributed by atoms with Crippen molar-refractivity contribution in [3.63, 3.8) is 0 Å². The highest BCUT2D eigenvalue weighted by atomic mass is 15.0. The summed E-state index contributed by atoms with van der Waals surface area (Å²) in [4.78, 5) is 10.7. The van der Waals surface area contributed by atoms with Gasteiger partial charge < -0.3 is 9.88 Å². The Morgan fingerprint density at radius 1 is 0.413 bits per heavy atom. The van der Waals surface area contributed by atoms with E-state index in [4.69, 9.17) is 9.98 Å². The Bertz CT molecular complexity index is 3510. The second-order valence-electron chi connectivity index (χ2n) is 16.2. The van der Waals surface area contributed by atoms with Crippen molar-refractivity contribution in [2.24, 2.45) is 4.99 Å². The normalized spacial score (nSPS) is 13.9. The number of para-hydroxylation sites is 2.